The molecule has 1 atom stereocenters. The van der Waals surface area contributed by atoms with Crippen LogP contribution in [0.3, 0.4) is 0 Å². The first kappa shape index (κ1) is 11.3. The molecule has 0 aromatic carbocycles. The quantitative estimate of drug-likeness (QED) is 0.547. The van der Waals surface area contributed by atoms with E-state index in [1.807, 2.05) is 6.92 Å². The fourth-order valence-corrected chi connectivity index (χ4v) is 0.732. The molecule has 0 rings (SSSR count). The van der Waals surface area contributed by atoms with Gasteiger partial charge in [0, 0.05) is 6.42 Å². The molecule has 0 aliphatic carbocycles. The first-order chi connectivity index (χ1) is 5.52. The molecule has 0 aromatic rings. The second-order valence-electron chi connectivity index (χ2n) is 2.56. The Kier molecular flexibility index (Phi) is 5.53. The fourth-order valence-electron chi connectivity index (χ4n) is 0.603. The monoisotopic (exact) mass is 191 g/mol. The number of aliphatic carboxylic acids is 1. The molecule has 2 N–H and O–H groups in total. The van der Waals surface area contributed by atoms with Gasteiger partial charge in [0.05, 0.1) is 0 Å². The number of nitrogens with one attached hydrogen (secondary N) is 1. The predicted molar refractivity (Wildman–Crippen MR) is 48.3 cm³/mol. The Balaban J connectivity index is 3.40. The van der Waals surface area contributed by atoms with Crippen molar-refractivity contribution in [2.24, 2.45) is 0 Å². The zero-order chi connectivity index (χ0) is 9.56. The highest BCUT2D eigenvalue weighted by molar-refractivity contribution is 7.80. The normalized spacial score (nSPS) is 12.2. The van der Waals surface area contributed by atoms with Crippen molar-refractivity contribution in [1.29, 1.82) is 0 Å². The number of carbonyl (C=O) groups is 2. The van der Waals surface area contributed by atoms with E-state index >= 15 is 0 Å². The molecule has 0 aliphatic heterocycles. The Bertz CT molecular complexity index is 170. The van der Waals surface area contributed by atoms with Crippen LogP contribution in [-0.4, -0.2) is 28.8 Å². The zero-order valence-corrected chi connectivity index (χ0v) is 7.80. The van der Waals surface area contributed by atoms with Gasteiger partial charge < -0.3 is 10.4 Å². The highest BCUT2D eigenvalue weighted by atomic mass is 32.1. The van der Waals surface area contributed by atoms with E-state index in [1.54, 1.807) is 0 Å². The van der Waals surface area contributed by atoms with Gasteiger partial charge in [-0.2, -0.15) is 12.6 Å². The van der Waals surface area contributed by atoms with Crippen molar-refractivity contribution >= 4 is 24.5 Å². The SMILES string of the molecule is CC(S)CCC(=O)NCC(=O)O. The van der Waals surface area contributed by atoms with Crippen molar-refractivity contribution in [1.82, 2.24) is 5.32 Å². The molecule has 0 spiro atoms. The summed E-state index contributed by atoms with van der Waals surface area (Å²) in [5, 5.41) is 10.6. The van der Waals surface area contributed by atoms with Gasteiger partial charge in [-0.05, 0) is 11.7 Å². The number of rotatable bonds is 5. The minimum Gasteiger partial charge on any atom is -0.480 e. The van der Waals surface area contributed by atoms with Crippen LogP contribution in [0.5, 0.6) is 0 Å². The lowest BCUT2D eigenvalue weighted by molar-refractivity contribution is -0.137. The summed E-state index contributed by atoms with van der Waals surface area (Å²) < 4.78 is 0. The van der Waals surface area contributed by atoms with E-state index in [0.717, 1.165) is 0 Å². The van der Waals surface area contributed by atoms with E-state index in [0.29, 0.717) is 12.8 Å². The number of hydrogen-bond acceptors (Lipinski definition) is 3. The van der Waals surface area contributed by atoms with Gasteiger partial charge in [-0.3, -0.25) is 9.59 Å². The van der Waals surface area contributed by atoms with Crippen molar-refractivity contribution in [2.75, 3.05) is 6.54 Å². The van der Waals surface area contributed by atoms with E-state index in [2.05, 4.69) is 17.9 Å². The van der Waals surface area contributed by atoms with Crippen molar-refractivity contribution < 1.29 is 14.7 Å². The summed E-state index contributed by atoms with van der Waals surface area (Å²) in [6.07, 6.45) is 0.993. The van der Waals surface area contributed by atoms with Crippen molar-refractivity contribution in [3.63, 3.8) is 0 Å². The number of carboxylic acids is 1. The fraction of sp³-hybridized carbons (Fsp3) is 0.714. The molecule has 0 heterocycles. The molecule has 0 bridgehead atoms. The van der Waals surface area contributed by atoms with Gasteiger partial charge in [-0.15, -0.1) is 0 Å². The number of carboxylic acid groups (broad SMARTS) is 1. The van der Waals surface area contributed by atoms with Crippen LogP contribution in [0, 0.1) is 0 Å². The maximum Gasteiger partial charge on any atom is 0.322 e. The summed E-state index contributed by atoms with van der Waals surface area (Å²) in [7, 11) is 0. The average Bonchev–Trinajstić information content (AvgIpc) is 1.96. The van der Waals surface area contributed by atoms with Gasteiger partial charge in [0.15, 0.2) is 0 Å². The lowest BCUT2D eigenvalue weighted by Crippen LogP contribution is -2.29. The van der Waals surface area contributed by atoms with E-state index in [1.165, 1.54) is 0 Å². The van der Waals surface area contributed by atoms with Crippen LogP contribution in [0.2, 0.25) is 0 Å². The lowest BCUT2D eigenvalue weighted by Gasteiger charge is -2.03. The second kappa shape index (κ2) is 5.88. The lowest BCUT2D eigenvalue weighted by atomic mass is 10.2. The topological polar surface area (TPSA) is 66.4 Å². The van der Waals surface area contributed by atoms with Gasteiger partial charge in [0.1, 0.15) is 6.54 Å². The highest BCUT2D eigenvalue weighted by Gasteiger charge is 2.04. The first-order valence-electron chi connectivity index (χ1n) is 3.69. The van der Waals surface area contributed by atoms with Crippen LogP contribution in [0.25, 0.3) is 0 Å². The average molecular weight is 191 g/mol. The summed E-state index contributed by atoms with van der Waals surface area (Å²) in [5.74, 6) is -1.26. The minimum atomic E-state index is -1.03. The van der Waals surface area contributed by atoms with E-state index in [9.17, 15) is 9.59 Å². The van der Waals surface area contributed by atoms with Crippen LogP contribution in [0.1, 0.15) is 19.8 Å². The Morgan fingerprint density at radius 3 is 2.58 bits per heavy atom. The third-order valence-corrected chi connectivity index (χ3v) is 1.48. The smallest absolute Gasteiger partial charge is 0.322 e. The van der Waals surface area contributed by atoms with Gasteiger partial charge in [-0.1, -0.05) is 6.92 Å². The van der Waals surface area contributed by atoms with Crippen molar-refractivity contribution in [2.45, 2.75) is 25.0 Å². The standard InChI is InChI=1S/C7H13NO3S/c1-5(12)2-3-6(9)8-4-7(10)11/h5,12H,2-4H2,1H3,(H,8,9)(H,10,11). The molecular weight excluding hydrogens is 178 g/mol. The second-order valence-corrected chi connectivity index (χ2v) is 3.44. The third kappa shape index (κ3) is 7.40. The Labute approximate surface area is 76.8 Å². The Morgan fingerprint density at radius 1 is 1.58 bits per heavy atom. The first-order valence-corrected chi connectivity index (χ1v) is 4.20. The summed E-state index contributed by atoms with van der Waals surface area (Å²) in [5.41, 5.74) is 0. The van der Waals surface area contributed by atoms with Crippen molar-refractivity contribution in [3.8, 4) is 0 Å². The van der Waals surface area contributed by atoms with Gasteiger partial charge in [-0.25, -0.2) is 0 Å². The molecule has 0 radical (unpaired) electrons. The van der Waals surface area contributed by atoms with Gasteiger partial charge in [0.2, 0.25) is 5.91 Å². The molecule has 0 aliphatic rings. The summed E-state index contributed by atoms with van der Waals surface area (Å²) in [6, 6.07) is 0. The number of thiol groups is 1. The summed E-state index contributed by atoms with van der Waals surface area (Å²) in [4.78, 5) is 20.9. The molecule has 0 saturated carbocycles. The number of carbonyl (C=O) groups excluding carboxylic acids is 1. The summed E-state index contributed by atoms with van der Waals surface area (Å²) in [6.45, 7) is 1.58. The van der Waals surface area contributed by atoms with Gasteiger partial charge in [0.25, 0.3) is 0 Å². The molecule has 0 saturated heterocycles. The predicted octanol–water partition coefficient (Wildman–Crippen LogP) is 0.286. The van der Waals surface area contributed by atoms with E-state index < -0.39 is 5.97 Å². The van der Waals surface area contributed by atoms with Crippen LogP contribution >= 0.6 is 12.6 Å². The molecule has 12 heavy (non-hydrogen) atoms. The van der Waals surface area contributed by atoms with Crippen LogP contribution in [0.15, 0.2) is 0 Å². The number of amides is 1. The molecular formula is C7H13NO3S. The maximum absolute atomic E-state index is 10.8. The zero-order valence-electron chi connectivity index (χ0n) is 6.91. The molecule has 4 nitrogen and oxygen atoms in total. The molecule has 70 valence electrons. The van der Waals surface area contributed by atoms with Gasteiger partial charge >= 0.3 is 5.97 Å². The molecule has 5 heteroatoms. The van der Waals surface area contributed by atoms with Crippen LogP contribution < -0.4 is 5.32 Å². The third-order valence-electron chi connectivity index (χ3n) is 1.23. The molecule has 0 fully saturated rings. The maximum atomic E-state index is 10.8. The molecule has 0 aromatic heterocycles. The van der Waals surface area contributed by atoms with Crippen LogP contribution in [0.4, 0.5) is 0 Å². The molecule has 1 unspecified atom stereocenters. The number of hydrogen-bond donors (Lipinski definition) is 3. The highest BCUT2D eigenvalue weighted by Crippen LogP contribution is 2.02. The largest absolute Gasteiger partial charge is 0.480 e. The Hall–Kier alpha value is -0.710. The van der Waals surface area contributed by atoms with Crippen molar-refractivity contribution in [3.05, 3.63) is 0 Å². The van der Waals surface area contributed by atoms with Crippen LogP contribution in [-0.2, 0) is 9.59 Å². The minimum absolute atomic E-state index is 0.167. The van der Waals surface area contributed by atoms with E-state index in [-0.39, 0.29) is 17.7 Å². The Morgan fingerprint density at radius 2 is 2.17 bits per heavy atom. The molecule has 1 amide bonds. The van der Waals surface area contributed by atoms with E-state index in [4.69, 9.17) is 5.11 Å². The summed E-state index contributed by atoms with van der Waals surface area (Å²) >= 11 is 4.09.